The van der Waals surface area contributed by atoms with Crippen LogP contribution >= 0.6 is 0 Å². The molecule has 0 saturated carbocycles. The first kappa shape index (κ1) is 11.3. The number of carbonyl (C=O) groups excluding carboxylic acids is 1. The molecule has 1 amide bonds. The quantitative estimate of drug-likeness (QED) is 0.368. The third-order valence-electron chi connectivity index (χ3n) is 3.58. The molecule has 3 heteroatoms. The van der Waals surface area contributed by atoms with E-state index in [-0.39, 0.29) is 17.0 Å². The minimum atomic E-state index is -1.73. The highest BCUT2D eigenvalue weighted by atomic mass is 28.3. The Morgan fingerprint density at radius 3 is 2.29 bits per heavy atom. The van der Waals surface area contributed by atoms with Gasteiger partial charge in [0.25, 0.3) is 0 Å². The topological polar surface area (TPSA) is 20.3 Å². The molecule has 1 atom stereocenters. The van der Waals surface area contributed by atoms with E-state index in [1.807, 2.05) is 4.57 Å². The number of rotatable bonds is 1. The fourth-order valence-corrected chi connectivity index (χ4v) is 4.00. The molecular formula is C11H19NOSi. The van der Waals surface area contributed by atoms with Gasteiger partial charge in [-0.05, 0) is 5.04 Å². The van der Waals surface area contributed by atoms with Gasteiger partial charge in [-0.1, -0.05) is 39.8 Å². The zero-order valence-corrected chi connectivity index (χ0v) is 10.7. The van der Waals surface area contributed by atoms with E-state index in [1.165, 1.54) is 0 Å². The van der Waals surface area contributed by atoms with Gasteiger partial charge in [0, 0.05) is 0 Å². The summed E-state index contributed by atoms with van der Waals surface area (Å²) in [6, 6.07) is 0.0587. The van der Waals surface area contributed by atoms with Gasteiger partial charge in [-0.3, -0.25) is 4.79 Å². The van der Waals surface area contributed by atoms with Gasteiger partial charge in [0.15, 0.2) is 8.24 Å². The van der Waals surface area contributed by atoms with Gasteiger partial charge in [0.1, 0.15) is 0 Å². The molecule has 0 aromatic carbocycles. The number of hydrogen-bond acceptors (Lipinski definition) is 1. The third-order valence-corrected chi connectivity index (χ3v) is 9.01. The summed E-state index contributed by atoms with van der Waals surface area (Å²) in [5.41, 5.74) is 0. The molecule has 1 saturated heterocycles. The van der Waals surface area contributed by atoms with Crippen LogP contribution in [-0.2, 0) is 4.79 Å². The van der Waals surface area contributed by atoms with Gasteiger partial charge in [0.05, 0.1) is 12.5 Å². The molecule has 1 heterocycles. The monoisotopic (exact) mass is 209 g/mol. The molecule has 0 bridgehead atoms. The first-order valence-electron chi connectivity index (χ1n) is 5.00. The Labute approximate surface area is 87.8 Å². The fourth-order valence-electron chi connectivity index (χ4n) is 1.61. The van der Waals surface area contributed by atoms with Crippen molar-refractivity contribution in [2.45, 2.75) is 51.4 Å². The number of nitrogens with zero attached hydrogens (tertiary/aromatic N) is 1. The Morgan fingerprint density at radius 1 is 1.50 bits per heavy atom. The van der Waals surface area contributed by atoms with E-state index in [0.29, 0.717) is 6.42 Å². The van der Waals surface area contributed by atoms with Gasteiger partial charge in [-0.2, -0.15) is 0 Å². The Kier molecular flexibility index (Phi) is 2.53. The van der Waals surface area contributed by atoms with E-state index in [1.54, 1.807) is 0 Å². The van der Waals surface area contributed by atoms with E-state index in [9.17, 15) is 4.79 Å². The van der Waals surface area contributed by atoms with Crippen molar-refractivity contribution in [2.24, 2.45) is 0 Å². The molecule has 78 valence electrons. The normalized spacial score (nSPS) is 23.0. The lowest BCUT2D eigenvalue weighted by atomic mass is 10.1. The molecule has 1 fully saturated rings. The lowest BCUT2D eigenvalue weighted by Crippen LogP contribution is -2.67. The summed E-state index contributed by atoms with van der Waals surface area (Å²) < 4.78 is 1.98. The maximum absolute atomic E-state index is 11.6. The number of amides is 1. The summed E-state index contributed by atoms with van der Waals surface area (Å²) in [5.74, 6) is 2.94. The maximum atomic E-state index is 11.6. The first-order valence-corrected chi connectivity index (χ1v) is 7.95. The molecule has 14 heavy (non-hydrogen) atoms. The third kappa shape index (κ3) is 1.48. The summed E-state index contributed by atoms with van der Waals surface area (Å²) in [5, 5.41) is 0.179. The van der Waals surface area contributed by atoms with Crippen molar-refractivity contribution in [1.29, 1.82) is 0 Å². The summed E-state index contributed by atoms with van der Waals surface area (Å²) in [7, 11) is -1.73. The first-order chi connectivity index (χ1) is 6.21. The number of terminal acetylenes is 1. The zero-order valence-electron chi connectivity index (χ0n) is 9.72. The molecule has 0 N–H and O–H groups in total. The van der Waals surface area contributed by atoms with Crippen LogP contribution in [0.1, 0.15) is 27.2 Å². The standard InChI is InChI=1S/C11H19NOSi/c1-7-9-8-10(13)12(9)14(5,6)11(2,3)4/h1,9H,8H2,2-6H3. The van der Waals surface area contributed by atoms with Crippen LogP contribution in [0.15, 0.2) is 0 Å². The van der Waals surface area contributed by atoms with Gasteiger partial charge in [0.2, 0.25) is 5.91 Å². The Hall–Kier alpha value is -0.753. The zero-order chi connectivity index (χ0) is 11.1. The minimum Gasteiger partial charge on any atom is -0.355 e. The van der Waals surface area contributed by atoms with Gasteiger partial charge >= 0.3 is 0 Å². The highest BCUT2D eigenvalue weighted by Gasteiger charge is 2.51. The smallest absolute Gasteiger partial charge is 0.218 e. The van der Waals surface area contributed by atoms with E-state index in [2.05, 4.69) is 39.8 Å². The lowest BCUT2D eigenvalue weighted by Gasteiger charge is -2.53. The number of hydrogen-bond donors (Lipinski definition) is 0. The van der Waals surface area contributed by atoms with E-state index >= 15 is 0 Å². The molecule has 0 radical (unpaired) electrons. The summed E-state index contributed by atoms with van der Waals surface area (Å²) in [6.07, 6.45) is 5.95. The second-order valence-electron chi connectivity index (χ2n) is 5.46. The second-order valence-corrected chi connectivity index (χ2v) is 10.6. The van der Waals surface area contributed by atoms with Gasteiger partial charge < -0.3 is 4.57 Å². The molecule has 2 nitrogen and oxygen atoms in total. The summed E-state index contributed by atoms with van der Waals surface area (Å²) in [6.45, 7) is 11.0. The number of carbonyl (C=O) groups is 1. The highest BCUT2D eigenvalue weighted by Crippen LogP contribution is 2.42. The van der Waals surface area contributed by atoms with Crippen molar-refractivity contribution in [3.8, 4) is 12.3 Å². The predicted octanol–water partition coefficient (Wildman–Crippen LogP) is 2.23. The van der Waals surface area contributed by atoms with E-state index in [4.69, 9.17) is 6.42 Å². The van der Waals surface area contributed by atoms with Crippen molar-refractivity contribution in [3.05, 3.63) is 0 Å². The van der Waals surface area contributed by atoms with Crippen LogP contribution < -0.4 is 0 Å². The summed E-state index contributed by atoms with van der Waals surface area (Å²) >= 11 is 0. The van der Waals surface area contributed by atoms with Crippen LogP contribution in [0.2, 0.25) is 18.1 Å². The molecule has 1 aliphatic rings. The van der Waals surface area contributed by atoms with Gasteiger partial charge in [-0.25, -0.2) is 0 Å². The Balaban J connectivity index is 2.94. The maximum Gasteiger partial charge on any atom is 0.218 e. The van der Waals surface area contributed by atoms with Crippen LogP contribution in [-0.4, -0.2) is 24.7 Å². The molecule has 0 aromatic rings. The van der Waals surface area contributed by atoms with Crippen molar-refractivity contribution < 1.29 is 4.79 Å². The second kappa shape index (κ2) is 3.13. The highest BCUT2D eigenvalue weighted by molar-refractivity contribution is 6.80. The number of β-lactam (4-membered cyclic amide) rings is 1. The van der Waals surface area contributed by atoms with Crippen molar-refractivity contribution >= 4 is 14.1 Å². The molecule has 0 spiro atoms. The fraction of sp³-hybridized carbons (Fsp3) is 0.727. The Bertz CT molecular complexity index is 295. The van der Waals surface area contributed by atoms with E-state index in [0.717, 1.165) is 0 Å². The largest absolute Gasteiger partial charge is 0.355 e. The van der Waals surface area contributed by atoms with Crippen LogP contribution in [0.5, 0.6) is 0 Å². The van der Waals surface area contributed by atoms with Crippen molar-refractivity contribution in [2.75, 3.05) is 0 Å². The molecule has 1 rings (SSSR count). The molecule has 0 aliphatic carbocycles. The van der Waals surface area contributed by atoms with E-state index < -0.39 is 8.24 Å². The van der Waals surface area contributed by atoms with Gasteiger partial charge in [-0.15, -0.1) is 6.42 Å². The molecule has 1 unspecified atom stereocenters. The molecule has 0 aromatic heterocycles. The minimum absolute atomic E-state index is 0.0587. The van der Waals surface area contributed by atoms with Crippen LogP contribution in [0.3, 0.4) is 0 Å². The van der Waals surface area contributed by atoms with Crippen LogP contribution in [0.4, 0.5) is 0 Å². The molecule has 1 aliphatic heterocycles. The summed E-state index contributed by atoms with van der Waals surface area (Å²) in [4.78, 5) is 11.6. The lowest BCUT2D eigenvalue weighted by molar-refractivity contribution is -0.136. The van der Waals surface area contributed by atoms with Crippen molar-refractivity contribution in [3.63, 3.8) is 0 Å². The Morgan fingerprint density at radius 2 is 2.00 bits per heavy atom. The average molecular weight is 209 g/mol. The average Bonchev–Trinajstić information content (AvgIpc) is 1.96. The van der Waals surface area contributed by atoms with Crippen LogP contribution in [0.25, 0.3) is 0 Å². The van der Waals surface area contributed by atoms with Crippen molar-refractivity contribution in [1.82, 2.24) is 4.57 Å². The SMILES string of the molecule is C#CC1CC(=O)N1[Si](C)(C)C(C)(C)C. The molecular weight excluding hydrogens is 190 g/mol. The van der Waals surface area contributed by atoms with Crippen LogP contribution in [0, 0.1) is 12.3 Å². The predicted molar refractivity (Wildman–Crippen MR) is 61.3 cm³/mol.